The quantitative estimate of drug-likeness (QED) is 0.117. The van der Waals surface area contributed by atoms with E-state index in [1.165, 1.54) is 79.7 Å². The largest absolute Gasteiger partial charge is 0.453 e. The molecule has 2 aliphatic heterocycles. The third-order valence-corrected chi connectivity index (χ3v) is 9.27. The van der Waals surface area contributed by atoms with Crippen molar-refractivity contribution in [2.24, 2.45) is 7.05 Å². The average Bonchev–Trinajstić information content (AvgIpc) is 4.14. The number of alkyl carbamates (subject to hydrolysis) is 1. The van der Waals surface area contributed by atoms with E-state index in [0.29, 0.717) is 6.29 Å². The van der Waals surface area contributed by atoms with Gasteiger partial charge in [0.25, 0.3) is 0 Å². The molecule has 0 saturated carbocycles. The molecule has 2 fully saturated rings. The van der Waals surface area contributed by atoms with Gasteiger partial charge in [-0.05, 0) is 56.9 Å². The van der Waals surface area contributed by atoms with Crippen molar-refractivity contribution in [1.29, 1.82) is 0 Å². The molecule has 4 aromatic heterocycles. The Hall–Kier alpha value is -5.28. The van der Waals surface area contributed by atoms with Gasteiger partial charge in [0.1, 0.15) is 6.29 Å². The van der Waals surface area contributed by atoms with Crippen LogP contribution in [0, 0.1) is 0 Å². The van der Waals surface area contributed by atoms with Crippen LogP contribution in [0.3, 0.4) is 0 Å². The summed E-state index contributed by atoms with van der Waals surface area (Å²) in [6.45, 7) is 22.4. The second-order valence-electron chi connectivity index (χ2n) is 13.5. The molecule has 0 bridgehead atoms. The van der Waals surface area contributed by atoms with Crippen LogP contribution in [0.15, 0.2) is 60.9 Å². The van der Waals surface area contributed by atoms with Crippen LogP contribution >= 0.6 is 11.3 Å². The minimum Gasteiger partial charge on any atom is -0.453 e. The molecule has 0 spiro atoms. The number of benzene rings is 1. The second kappa shape index (κ2) is 34.4. The number of carbonyl (C=O) groups is 4. The number of rotatable bonds is 7. The van der Waals surface area contributed by atoms with Crippen LogP contribution in [0.2, 0.25) is 0 Å². The molecule has 14 nitrogen and oxygen atoms in total. The number of ether oxygens (including phenoxy) is 1. The molecule has 0 atom stereocenters. The van der Waals surface area contributed by atoms with Gasteiger partial charge in [-0.2, -0.15) is 0 Å². The first-order valence-electron chi connectivity index (χ1n) is 21.6. The van der Waals surface area contributed by atoms with E-state index in [9.17, 15) is 19.2 Å². The van der Waals surface area contributed by atoms with Crippen LogP contribution in [-0.4, -0.2) is 112 Å². The van der Waals surface area contributed by atoms with Gasteiger partial charge < -0.3 is 44.5 Å². The Bertz CT molecular complexity index is 1840. The number of likely N-dealkylation sites (tertiary alicyclic amines) is 2. The predicted molar refractivity (Wildman–Crippen MR) is 254 cm³/mol. The first kappa shape index (κ1) is 55.7. The molecule has 2 saturated heterocycles. The van der Waals surface area contributed by atoms with Gasteiger partial charge in [-0.15, -0.1) is 11.3 Å². The smallest absolute Gasteiger partial charge is 0.407 e. The maximum Gasteiger partial charge on any atom is 0.407 e. The lowest BCUT2D eigenvalue weighted by Crippen LogP contribution is -2.37. The molecule has 7 rings (SSSR count). The number of thiophene rings is 1. The van der Waals surface area contributed by atoms with Gasteiger partial charge in [-0.1, -0.05) is 92.5 Å². The van der Waals surface area contributed by atoms with E-state index < -0.39 is 6.09 Å². The average molecular weight is 866 g/mol. The van der Waals surface area contributed by atoms with E-state index in [0.717, 1.165) is 42.9 Å². The lowest BCUT2D eigenvalue weighted by molar-refractivity contribution is -0.131. The first-order chi connectivity index (χ1) is 29.5. The number of hydrogen-bond donors (Lipinski definition) is 4. The molecule has 6 heterocycles. The Morgan fingerprint density at radius 1 is 0.787 bits per heavy atom. The van der Waals surface area contributed by atoms with E-state index in [2.05, 4.69) is 122 Å². The second-order valence-corrected chi connectivity index (χ2v) is 14.3. The van der Waals surface area contributed by atoms with Gasteiger partial charge in [0.05, 0.1) is 66.9 Å². The van der Waals surface area contributed by atoms with Gasteiger partial charge in [0.15, 0.2) is 0 Å². The molecule has 3 amide bonds. The Morgan fingerprint density at radius 3 is 1.74 bits per heavy atom. The van der Waals surface area contributed by atoms with Crippen LogP contribution < -0.4 is 10.6 Å². The number of fused-ring (bicyclic) bond motifs is 1. The minimum atomic E-state index is -0.586. The molecule has 0 aliphatic carbocycles. The van der Waals surface area contributed by atoms with Crippen LogP contribution in [0.1, 0.15) is 101 Å². The van der Waals surface area contributed by atoms with Crippen molar-refractivity contribution in [3.8, 4) is 33.6 Å². The highest BCUT2D eigenvalue weighted by atomic mass is 32.1. The van der Waals surface area contributed by atoms with Crippen LogP contribution in [0.4, 0.5) is 4.79 Å². The van der Waals surface area contributed by atoms with Crippen molar-refractivity contribution >= 4 is 45.7 Å². The van der Waals surface area contributed by atoms with Crippen LogP contribution in [0.25, 0.3) is 43.9 Å². The molecule has 340 valence electrons. The van der Waals surface area contributed by atoms with E-state index in [-0.39, 0.29) is 24.9 Å². The number of amides is 3. The monoisotopic (exact) mass is 866 g/mol. The van der Waals surface area contributed by atoms with Gasteiger partial charge in [0, 0.05) is 49.8 Å². The van der Waals surface area contributed by atoms with Gasteiger partial charge in [-0.25, -0.2) is 14.8 Å². The third-order valence-electron chi connectivity index (χ3n) is 8.27. The summed E-state index contributed by atoms with van der Waals surface area (Å²) in [5, 5.41) is 6.84. The summed E-state index contributed by atoms with van der Waals surface area (Å²) >= 11 is 1.77. The number of hydrogen-bond acceptors (Lipinski definition) is 9. The maximum absolute atomic E-state index is 11.3. The molecule has 0 unspecified atom stereocenters. The van der Waals surface area contributed by atoms with Crippen molar-refractivity contribution in [2.75, 3.05) is 53.4 Å². The molecule has 0 radical (unpaired) electrons. The Morgan fingerprint density at radius 2 is 1.30 bits per heavy atom. The highest BCUT2D eigenvalue weighted by Crippen LogP contribution is 2.40. The molecule has 2 aliphatic rings. The number of methoxy groups -OCH3 is 1. The Labute approximate surface area is 369 Å². The number of aromatic amines is 2. The van der Waals surface area contributed by atoms with Gasteiger partial charge >= 0.3 is 6.09 Å². The Kier molecular flexibility index (Phi) is 31.5. The number of aromatic nitrogens is 5. The summed E-state index contributed by atoms with van der Waals surface area (Å²) in [7, 11) is 5.50. The van der Waals surface area contributed by atoms with E-state index in [1.807, 2.05) is 40.1 Å². The molecule has 15 heteroatoms. The number of aryl methyl sites for hydroxylation is 1. The van der Waals surface area contributed by atoms with Crippen molar-refractivity contribution in [3.05, 3.63) is 60.9 Å². The van der Waals surface area contributed by atoms with Crippen molar-refractivity contribution in [1.82, 2.24) is 44.9 Å². The van der Waals surface area contributed by atoms with E-state index in [1.54, 1.807) is 28.9 Å². The van der Waals surface area contributed by atoms with Gasteiger partial charge in [0.2, 0.25) is 11.8 Å². The fourth-order valence-corrected chi connectivity index (χ4v) is 6.74. The van der Waals surface area contributed by atoms with Gasteiger partial charge in [-0.3, -0.25) is 9.59 Å². The molecular weight excluding hydrogens is 791 g/mol. The number of nitrogens with one attached hydrogen (secondary N) is 4. The highest BCUT2D eigenvalue weighted by Gasteiger charge is 2.18. The molecule has 61 heavy (non-hydrogen) atoms. The summed E-state index contributed by atoms with van der Waals surface area (Å²) in [5.74, 6) is -0.120. The van der Waals surface area contributed by atoms with E-state index in [4.69, 9.17) is 0 Å². The zero-order valence-corrected chi connectivity index (χ0v) is 39.8. The molecule has 5 aromatic rings. The lowest BCUT2D eigenvalue weighted by Gasteiger charge is -2.14. The summed E-state index contributed by atoms with van der Waals surface area (Å²) in [6.07, 6.45) is 16.8. The topological polar surface area (TPSA) is 170 Å². The minimum absolute atomic E-state index is 0.00662. The maximum atomic E-state index is 11.3. The summed E-state index contributed by atoms with van der Waals surface area (Å²) in [4.78, 5) is 60.1. The number of nitrogens with zero attached hydrogens (tertiary/aromatic N) is 5. The van der Waals surface area contributed by atoms with Crippen molar-refractivity contribution < 1.29 is 23.9 Å². The van der Waals surface area contributed by atoms with E-state index >= 15 is 0 Å². The fourth-order valence-electron chi connectivity index (χ4n) is 5.60. The van der Waals surface area contributed by atoms with Crippen molar-refractivity contribution in [2.45, 2.75) is 101 Å². The summed E-state index contributed by atoms with van der Waals surface area (Å²) < 4.78 is 7.63. The van der Waals surface area contributed by atoms with Crippen LogP contribution in [-0.2, 0) is 26.2 Å². The third kappa shape index (κ3) is 21.2. The van der Waals surface area contributed by atoms with Crippen molar-refractivity contribution in [3.63, 3.8) is 0 Å². The first-order valence-corrected chi connectivity index (χ1v) is 22.5. The lowest BCUT2D eigenvalue weighted by atomic mass is 10.1. The number of H-pyrrole nitrogens is 2. The highest BCUT2D eigenvalue weighted by molar-refractivity contribution is 7.18. The molecule has 1 aromatic carbocycles. The standard InChI is InChI=1S/C19H15N5S.C8H14N2O2.C5H11N.C4H7NO3.2C3H8.2C2H6/c1-24-8-14(12-2-4-13(5-3-12)16-6-20-10-22-16)19-18(24)15(9-25-19)17-7-21-11-23-17;1-7(11)9-6-8(12)10-4-2-3-5-10;1-6-4-2-3-5-6;1-8-4(7)5-2-3-6;2*1-3-2;2*1-2/h2-11H,1H3,(H,20,22)(H,21,23);2-6H2,1H3,(H,9,11);2-5H2,1H3;3H,2H2,1H3,(H,5,7);2*3H2,1-2H3;2*1-2H3. The molecular formula is C46H75N9O5S. The summed E-state index contributed by atoms with van der Waals surface area (Å²) in [5.41, 5.74) is 8.12. The Balaban J connectivity index is 0.000000837. The van der Waals surface area contributed by atoms with Crippen LogP contribution in [0.5, 0.6) is 0 Å². The fraction of sp³-hybridized carbons (Fsp3) is 0.522. The zero-order valence-electron chi connectivity index (χ0n) is 39.0. The predicted octanol–water partition coefficient (Wildman–Crippen LogP) is 9.57. The number of imidazole rings is 2. The SMILES string of the molecule is CC.CC.CC(=O)NCC(=O)N1CCCC1.CCC.CCC.CN1CCCC1.COC(=O)NCC=O.Cn1cc(-c2ccc(-c3cnc[nH]3)cc2)c2scc(-c3cnc[nH]3)c21. The number of aldehydes is 1. The summed E-state index contributed by atoms with van der Waals surface area (Å²) in [6, 6.07) is 8.59. The zero-order chi connectivity index (χ0) is 46.0. The number of carbonyl (C=O) groups excluding carboxylic acids is 4. The molecule has 4 N–H and O–H groups in total. The normalized spacial score (nSPS) is 12.2.